The molecule has 0 aliphatic heterocycles. The van der Waals surface area contributed by atoms with Gasteiger partial charge in [0.2, 0.25) is 5.91 Å². The van der Waals surface area contributed by atoms with Gasteiger partial charge in [-0.3, -0.25) is 9.59 Å². The third kappa shape index (κ3) is 11.0. The number of carboxylic acid groups (broad SMARTS) is 1. The third-order valence-electron chi connectivity index (χ3n) is 3.94. The molecular formula is C22H32N2O7. The van der Waals surface area contributed by atoms with Gasteiger partial charge in [0.15, 0.2) is 0 Å². The summed E-state index contributed by atoms with van der Waals surface area (Å²) >= 11 is 0. The van der Waals surface area contributed by atoms with Gasteiger partial charge in [0.25, 0.3) is 0 Å². The zero-order valence-electron chi connectivity index (χ0n) is 18.6. The van der Waals surface area contributed by atoms with Crippen LogP contribution in [0.2, 0.25) is 0 Å². The Bertz CT molecular complexity index is 757. The first-order valence-corrected chi connectivity index (χ1v) is 10.1. The summed E-state index contributed by atoms with van der Waals surface area (Å²) in [5, 5.41) is 14.1. The van der Waals surface area contributed by atoms with Crippen molar-refractivity contribution < 1.29 is 33.8 Å². The number of rotatable bonds is 10. The van der Waals surface area contributed by atoms with E-state index in [-0.39, 0.29) is 18.9 Å². The Morgan fingerprint density at radius 3 is 2.13 bits per heavy atom. The molecule has 31 heavy (non-hydrogen) atoms. The highest BCUT2D eigenvalue weighted by Gasteiger charge is 2.30. The average molecular weight is 437 g/mol. The molecule has 0 saturated heterocycles. The van der Waals surface area contributed by atoms with Crippen LogP contribution in [-0.2, 0) is 30.5 Å². The highest BCUT2D eigenvalue weighted by molar-refractivity contribution is 5.92. The average Bonchev–Trinajstić information content (AvgIpc) is 2.64. The molecule has 0 heterocycles. The van der Waals surface area contributed by atoms with Gasteiger partial charge >= 0.3 is 18.0 Å². The third-order valence-corrected chi connectivity index (χ3v) is 3.94. The van der Waals surface area contributed by atoms with E-state index in [4.69, 9.17) is 9.47 Å². The topological polar surface area (TPSA) is 131 Å². The lowest BCUT2D eigenvalue weighted by Crippen LogP contribution is -2.53. The molecule has 9 nitrogen and oxygen atoms in total. The van der Waals surface area contributed by atoms with Gasteiger partial charge in [-0.1, -0.05) is 44.2 Å². The number of aliphatic carboxylic acids is 1. The number of benzene rings is 1. The van der Waals surface area contributed by atoms with E-state index in [1.165, 1.54) is 0 Å². The first-order chi connectivity index (χ1) is 14.4. The number of nitrogens with one attached hydrogen (secondary N) is 2. The Morgan fingerprint density at radius 1 is 1.00 bits per heavy atom. The fraction of sp³-hybridized carbons (Fsp3) is 0.545. The maximum absolute atomic E-state index is 12.7. The Hall–Kier alpha value is -3.10. The molecule has 0 aromatic heterocycles. The molecule has 0 aliphatic carbocycles. The van der Waals surface area contributed by atoms with Crippen molar-refractivity contribution in [2.45, 2.75) is 71.8 Å². The first kappa shape index (κ1) is 25.9. The molecule has 1 aromatic rings. The number of carbonyl (C=O) groups excluding carboxylic acids is 3. The minimum absolute atomic E-state index is 0.00551. The molecule has 1 rings (SSSR count). The second kappa shape index (κ2) is 11.9. The molecule has 1 aromatic carbocycles. The number of ether oxygens (including phenoxy) is 2. The summed E-state index contributed by atoms with van der Waals surface area (Å²) in [6, 6.07) is 6.46. The van der Waals surface area contributed by atoms with Crippen LogP contribution in [0, 0.1) is 5.92 Å². The number of carbonyl (C=O) groups is 4. The summed E-state index contributed by atoms with van der Waals surface area (Å²) in [6.07, 6.45) is -1.19. The van der Waals surface area contributed by atoms with Crippen molar-refractivity contribution in [2.75, 3.05) is 0 Å². The highest BCUT2D eigenvalue weighted by atomic mass is 16.6. The lowest BCUT2D eigenvalue weighted by molar-refractivity contribution is -0.147. The SMILES string of the molecule is CC(C)C[C@H](NC(=O)[C@H](CC(=O)OCc1ccccc1)NC(=O)OC(C)(C)C)C(=O)O. The van der Waals surface area contributed by atoms with Crippen molar-refractivity contribution in [1.29, 1.82) is 0 Å². The highest BCUT2D eigenvalue weighted by Crippen LogP contribution is 2.10. The molecule has 9 heteroatoms. The van der Waals surface area contributed by atoms with Crippen molar-refractivity contribution in [3.05, 3.63) is 35.9 Å². The monoisotopic (exact) mass is 436 g/mol. The van der Waals surface area contributed by atoms with Crippen LogP contribution in [0.5, 0.6) is 0 Å². The summed E-state index contributed by atoms with van der Waals surface area (Å²) < 4.78 is 10.3. The Kier molecular flexibility index (Phi) is 9.98. The molecule has 0 fully saturated rings. The fourth-order valence-electron chi connectivity index (χ4n) is 2.59. The zero-order valence-corrected chi connectivity index (χ0v) is 18.6. The van der Waals surface area contributed by atoms with Crippen molar-refractivity contribution in [2.24, 2.45) is 5.92 Å². The van der Waals surface area contributed by atoms with Gasteiger partial charge in [0.05, 0.1) is 6.42 Å². The molecular weight excluding hydrogens is 404 g/mol. The van der Waals surface area contributed by atoms with E-state index in [0.29, 0.717) is 0 Å². The number of alkyl carbamates (subject to hydrolysis) is 1. The second-order valence-electron chi connectivity index (χ2n) is 8.58. The first-order valence-electron chi connectivity index (χ1n) is 10.1. The summed E-state index contributed by atoms with van der Waals surface area (Å²) in [7, 11) is 0. The molecule has 172 valence electrons. The molecule has 0 unspecified atom stereocenters. The molecule has 0 aliphatic rings. The summed E-state index contributed by atoms with van der Waals surface area (Å²) in [5.41, 5.74) is -0.0555. The fourth-order valence-corrected chi connectivity index (χ4v) is 2.59. The van der Waals surface area contributed by atoms with E-state index >= 15 is 0 Å². The van der Waals surface area contributed by atoms with Gasteiger partial charge in [-0.05, 0) is 38.7 Å². The van der Waals surface area contributed by atoms with Gasteiger partial charge in [-0.2, -0.15) is 0 Å². The van der Waals surface area contributed by atoms with Crippen molar-refractivity contribution in [1.82, 2.24) is 10.6 Å². The Balaban J connectivity index is 2.85. The second-order valence-corrected chi connectivity index (χ2v) is 8.58. The molecule has 2 atom stereocenters. The Labute approximate surface area is 182 Å². The predicted molar refractivity (Wildman–Crippen MR) is 113 cm³/mol. The van der Waals surface area contributed by atoms with Gasteiger partial charge in [-0.15, -0.1) is 0 Å². The quantitative estimate of drug-likeness (QED) is 0.481. The van der Waals surface area contributed by atoms with Gasteiger partial charge < -0.3 is 25.2 Å². The van der Waals surface area contributed by atoms with E-state index in [9.17, 15) is 24.3 Å². The van der Waals surface area contributed by atoms with Crippen LogP contribution in [0.1, 0.15) is 53.0 Å². The standard InChI is InChI=1S/C22H32N2O7/c1-14(2)11-17(20(27)28)23-19(26)16(24-21(29)31-22(3,4)5)12-18(25)30-13-15-9-7-6-8-10-15/h6-10,14,16-17H,11-13H2,1-5H3,(H,23,26)(H,24,29)(H,27,28)/t16-,17-/m0/s1. The van der Waals surface area contributed by atoms with Crippen molar-refractivity contribution >= 4 is 23.9 Å². The maximum Gasteiger partial charge on any atom is 0.408 e. The normalized spacial score (nSPS) is 13.1. The van der Waals surface area contributed by atoms with E-state index < -0.39 is 48.0 Å². The van der Waals surface area contributed by atoms with E-state index in [2.05, 4.69) is 10.6 Å². The molecule has 0 radical (unpaired) electrons. The van der Waals surface area contributed by atoms with Gasteiger partial charge in [-0.25, -0.2) is 9.59 Å². The predicted octanol–water partition coefficient (Wildman–Crippen LogP) is 2.63. The number of amides is 2. The zero-order chi connectivity index (χ0) is 23.6. The molecule has 0 saturated carbocycles. The number of esters is 1. The minimum atomic E-state index is -1.35. The van der Waals surface area contributed by atoms with Crippen LogP contribution >= 0.6 is 0 Å². The number of hydrogen-bond donors (Lipinski definition) is 3. The van der Waals surface area contributed by atoms with Crippen molar-refractivity contribution in [3.8, 4) is 0 Å². The lowest BCUT2D eigenvalue weighted by atomic mass is 10.0. The lowest BCUT2D eigenvalue weighted by Gasteiger charge is -2.24. The largest absolute Gasteiger partial charge is 0.480 e. The smallest absolute Gasteiger partial charge is 0.408 e. The summed E-state index contributed by atoms with van der Waals surface area (Å²) in [4.78, 5) is 48.6. The number of carboxylic acids is 1. The van der Waals surface area contributed by atoms with Crippen LogP contribution in [0.15, 0.2) is 30.3 Å². The van der Waals surface area contributed by atoms with Crippen LogP contribution in [0.3, 0.4) is 0 Å². The van der Waals surface area contributed by atoms with Crippen molar-refractivity contribution in [3.63, 3.8) is 0 Å². The van der Waals surface area contributed by atoms with E-state index in [1.54, 1.807) is 45.0 Å². The summed E-state index contributed by atoms with van der Waals surface area (Å²) in [6.45, 7) is 8.60. The van der Waals surface area contributed by atoms with Crippen LogP contribution < -0.4 is 10.6 Å². The van der Waals surface area contributed by atoms with E-state index in [0.717, 1.165) is 5.56 Å². The Morgan fingerprint density at radius 2 is 1.61 bits per heavy atom. The van der Waals surface area contributed by atoms with Crippen LogP contribution in [0.25, 0.3) is 0 Å². The summed E-state index contributed by atoms with van der Waals surface area (Å²) in [5.74, 6) is -2.73. The number of hydrogen-bond acceptors (Lipinski definition) is 6. The molecule has 0 spiro atoms. The van der Waals surface area contributed by atoms with Gasteiger partial charge in [0, 0.05) is 0 Å². The van der Waals surface area contributed by atoms with E-state index in [1.807, 2.05) is 19.9 Å². The molecule has 3 N–H and O–H groups in total. The maximum atomic E-state index is 12.7. The minimum Gasteiger partial charge on any atom is -0.480 e. The van der Waals surface area contributed by atoms with Gasteiger partial charge in [0.1, 0.15) is 24.3 Å². The molecule has 2 amide bonds. The molecule has 0 bridgehead atoms. The van der Waals surface area contributed by atoms with Crippen LogP contribution in [0.4, 0.5) is 4.79 Å². The van der Waals surface area contributed by atoms with Crippen LogP contribution in [-0.4, -0.2) is 46.7 Å².